The first-order valence-corrected chi connectivity index (χ1v) is 9.01. The molecule has 1 saturated carbocycles. The lowest BCUT2D eigenvalue weighted by atomic mass is 9.71. The lowest BCUT2D eigenvalue weighted by Gasteiger charge is -2.41. The smallest absolute Gasteiger partial charge is 0.0335 e. The van der Waals surface area contributed by atoms with Crippen molar-refractivity contribution in [1.29, 1.82) is 0 Å². The molecule has 0 amide bonds. The highest BCUT2D eigenvalue weighted by Crippen LogP contribution is 2.39. The van der Waals surface area contributed by atoms with Crippen LogP contribution < -0.4 is 0 Å². The monoisotopic (exact) mass is 304 g/mol. The molecule has 1 aliphatic carbocycles. The Labute approximate surface area is 138 Å². The summed E-state index contributed by atoms with van der Waals surface area (Å²) < 4.78 is 0. The second-order valence-electron chi connectivity index (χ2n) is 7.50. The Bertz CT molecular complexity index is 399. The highest BCUT2D eigenvalue weighted by atomic mass is 15.2. The highest BCUT2D eigenvalue weighted by molar-refractivity contribution is 5.13. The largest absolute Gasteiger partial charge is 0.297 e. The van der Waals surface area contributed by atoms with Crippen molar-refractivity contribution in [1.82, 2.24) is 9.88 Å². The first-order valence-electron chi connectivity index (χ1n) is 9.01. The lowest BCUT2D eigenvalue weighted by molar-refractivity contribution is 0.0902. The van der Waals surface area contributed by atoms with E-state index in [0.717, 1.165) is 12.0 Å². The molecule has 0 aromatic carbocycles. The van der Waals surface area contributed by atoms with Gasteiger partial charge >= 0.3 is 0 Å². The van der Waals surface area contributed by atoms with Gasteiger partial charge in [0.25, 0.3) is 0 Å². The van der Waals surface area contributed by atoms with E-state index in [2.05, 4.69) is 50.7 Å². The van der Waals surface area contributed by atoms with Gasteiger partial charge in [-0.05, 0) is 62.6 Å². The van der Waals surface area contributed by atoms with Crippen LogP contribution in [0.3, 0.4) is 0 Å². The van der Waals surface area contributed by atoms with E-state index in [1.54, 1.807) is 0 Å². The summed E-state index contributed by atoms with van der Waals surface area (Å²) in [5, 5.41) is 0. The fraction of sp³-hybridized carbons (Fsp3) is 0.750. The molecule has 0 saturated heterocycles. The van der Waals surface area contributed by atoms with E-state index in [4.69, 9.17) is 0 Å². The number of hydrogen-bond donors (Lipinski definition) is 0. The van der Waals surface area contributed by atoms with Crippen LogP contribution in [0, 0.1) is 11.3 Å². The molecule has 0 spiro atoms. The van der Waals surface area contributed by atoms with Crippen LogP contribution in [0.2, 0.25) is 0 Å². The van der Waals surface area contributed by atoms with Gasteiger partial charge in [-0.25, -0.2) is 0 Å². The van der Waals surface area contributed by atoms with E-state index < -0.39 is 0 Å². The van der Waals surface area contributed by atoms with Gasteiger partial charge in [-0.1, -0.05) is 40.7 Å². The molecule has 1 aliphatic rings. The van der Waals surface area contributed by atoms with Crippen molar-refractivity contribution in [3.8, 4) is 0 Å². The third kappa shape index (κ3) is 5.08. The van der Waals surface area contributed by atoms with E-state index in [1.165, 1.54) is 31.2 Å². The number of hydrogen-bond acceptors (Lipinski definition) is 2. The molecule has 22 heavy (non-hydrogen) atoms. The molecule has 1 aromatic rings. The maximum Gasteiger partial charge on any atom is 0.0335 e. The first-order chi connectivity index (χ1) is 10.4. The molecule has 0 radical (unpaired) electrons. The van der Waals surface area contributed by atoms with Crippen LogP contribution in [0.5, 0.6) is 0 Å². The Morgan fingerprint density at radius 1 is 1.14 bits per heavy atom. The molecule has 0 N–H and O–H groups in total. The molecule has 2 heteroatoms. The van der Waals surface area contributed by atoms with Crippen LogP contribution in [0.15, 0.2) is 24.5 Å². The van der Waals surface area contributed by atoms with Gasteiger partial charge in [0, 0.05) is 24.5 Å². The summed E-state index contributed by atoms with van der Waals surface area (Å²) in [7, 11) is 2.28. The Hall–Kier alpha value is -0.890. The number of nitrogens with zero attached hydrogens (tertiary/aromatic N) is 2. The lowest BCUT2D eigenvalue weighted by Crippen LogP contribution is -2.38. The molecule has 2 nitrogen and oxygen atoms in total. The van der Waals surface area contributed by atoms with Crippen molar-refractivity contribution < 1.29 is 0 Å². The second-order valence-corrected chi connectivity index (χ2v) is 7.50. The Kier molecular flexibility index (Phi) is 7.55. The zero-order chi connectivity index (χ0) is 16.8. The van der Waals surface area contributed by atoms with Crippen LogP contribution in [0.1, 0.15) is 78.8 Å². The maximum absolute atomic E-state index is 4.25. The Morgan fingerprint density at radius 3 is 2.18 bits per heavy atom. The quantitative estimate of drug-likeness (QED) is 0.711. The summed E-state index contributed by atoms with van der Waals surface area (Å²) in [4.78, 5) is 6.80. The summed E-state index contributed by atoms with van der Waals surface area (Å²) in [5.74, 6) is 0.890. The normalized spacial score (nSPS) is 23.6. The predicted octanol–water partition coefficient (Wildman–Crippen LogP) is 5.71. The number of aromatic nitrogens is 1. The van der Waals surface area contributed by atoms with Gasteiger partial charge in [-0.2, -0.15) is 0 Å². The van der Waals surface area contributed by atoms with Crippen molar-refractivity contribution >= 4 is 0 Å². The molecule has 1 aromatic heterocycles. The maximum atomic E-state index is 4.25. The van der Waals surface area contributed by atoms with Gasteiger partial charge < -0.3 is 0 Å². The molecule has 1 atom stereocenters. The zero-order valence-electron chi connectivity index (χ0n) is 15.8. The molecule has 1 heterocycles. The van der Waals surface area contributed by atoms with Crippen molar-refractivity contribution in [2.45, 2.75) is 79.3 Å². The minimum Gasteiger partial charge on any atom is -0.297 e. The van der Waals surface area contributed by atoms with Gasteiger partial charge in [0.1, 0.15) is 0 Å². The summed E-state index contributed by atoms with van der Waals surface area (Å²) in [6.07, 6.45) is 9.27. The van der Waals surface area contributed by atoms with E-state index in [1.807, 2.05) is 32.3 Å². The number of pyridine rings is 1. The highest BCUT2D eigenvalue weighted by Gasteiger charge is 2.32. The topological polar surface area (TPSA) is 16.1 Å². The molecule has 1 fully saturated rings. The summed E-state index contributed by atoms with van der Waals surface area (Å²) >= 11 is 0. The van der Waals surface area contributed by atoms with E-state index >= 15 is 0 Å². The van der Waals surface area contributed by atoms with E-state index in [0.29, 0.717) is 11.5 Å². The fourth-order valence-corrected chi connectivity index (χ4v) is 3.52. The SMILES string of the molecule is CC.CC(c1cccnc1)N(C)C1CCC(C(C)(C)C)CC1. The second kappa shape index (κ2) is 8.67. The van der Waals surface area contributed by atoms with Crippen molar-refractivity contribution in [3.05, 3.63) is 30.1 Å². The van der Waals surface area contributed by atoms with Gasteiger partial charge in [0.2, 0.25) is 0 Å². The van der Waals surface area contributed by atoms with Gasteiger partial charge in [-0.15, -0.1) is 0 Å². The molecular formula is C20H36N2. The molecule has 1 unspecified atom stereocenters. The van der Waals surface area contributed by atoms with Crippen LogP contribution in [-0.2, 0) is 0 Å². The van der Waals surface area contributed by atoms with Crippen LogP contribution in [-0.4, -0.2) is 23.0 Å². The summed E-state index contributed by atoms with van der Waals surface area (Å²) in [6, 6.07) is 5.41. The number of rotatable bonds is 3. The average molecular weight is 305 g/mol. The average Bonchev–Trinajstić information content (AvgIpc) is 2.55. The molecular weight excluding hydrogens is 268 g/mol. The van der Waals surface area contributed by atoms with E-state index in [-0.39, 0.29) is 0 Å². The van der Waals surface area contributed by atoms with E-state index in [9.17, 15) is 0 Å². The zero-order valence-corrected chi connectivity index (χ0v) is 15.8. The predicted molar refractivity (Wildman–Crippen MR) is 97.0 cm³/mol. The minimum absolute atomic E-state index is 0.458. The van der Waals surface area contributed by atoms with Crippen LogP contribution in [0.25, 0.3) is 0 Å². The van der Waals surface area contributed by atoms with Crippen molar-refractivity contribution in [2.24, 2.45) is 11.3 Å². The van der Waals surface area contributed by atoms with Gasteiger partial charge in [0.05, 0.1) is 0 Å². The first kappa shape index (κ1) is 19.2. The van der Waals surface area contributed by atoms with Crippen molar-refractivity contribution in [3.63, 3.8) is 0 Å². The Balaban J connectivity index is 0.00000116. The van der Waals surface area contributed by atoms with Gasteiger partial charge in [-0.3, -0.25) is 9.88 Å². The third-order valence-electron chi connectivity index (χ3n) is 5.28. The standard InChI is InChI=1S/C18H30N2.C2H6/c1-14(15-7-6-12-19-13-15)20(5)17-10-8-16(9-11-17)18(2,3)4;1-2/h6-7,12-14,16-17H,8-11H2,1-5H3;1-2H3. The fourth-order valence-electron chi connectivity index (χ4n) is 3.52. The summed E-state index contributed by atoms with van der Waals surface area (Å²) in [5.41, 5.74) is 1.80. The Morgan fingerprint density at radius 2 is 1.73 bits per heavy atom. The van der Waals surface area contributed by atoms with Gasteiger partial charge in [0.15, 0.2) is 0 Å². The molecule has 2 rings (SSSR count). The molecule has 126 valence electrons. The molecule has 0 aliphatic heterocycles. The van der Waals surface area contributed by atoms with Crippen LogP contribution >= 0.6 is 0 Å². The summed E-state index contributed by atoms with van der Waals surface area (Å²) in [6.45, 7) is 13.5. The van der Waals surface area contributed by atoms with Crippen LogP contribution in [0.4, 0.5) is 0 Å². The third-order valence-corrected chi connectivity index (χ3v) is 5.28. The van der Waals surface area contributed by atoms with Crippen molar-refractivity contribution in [2.75, 3.05) is 7.05 Å². The minimum atomic E-state index is 0.458. The molecule has 0 bridgehead atoms.